The number of hydrazine groups is 1. The fourth-order valence-corrected chi connectivity index (χ4v) is 0.244. The molecule has 0 atom stereocenters. The highest BCUT2D eigenvalue weighted by Gasteiger charge is 1.92. The van der Waals surface area contributed by atoms with Gasteiger partial charge in [-0.3, -0.25) is 0 Å². The van der Waals surface area contributed by atoms with Crippen molar-refractivity contribution in [2.24, 2.45) is 5.28 Å². The summed E-state index contributed by atoms with van der Waals surface area (Å²) in [4.78, 5) is -0.106. The molecule has 0 heterocycles. The van der Waals surface area contributed by atoms with E-state index in [-0.39, 0.29) is 11.0 Å². The molecule has 0 spiro atoms. The van der Waals surface area contributed by atoms with E-state index >= 15 is 0 Å². The predicted molar refractivity (Wildman–Crippen MR) is 27.7 cm³/mol. The second-order valence-corrected chi connectivity index (χ2v) is 1.64. The third-order valence-corrected chi connectivity index (χ3v) is 0.443. The van der Waals surface area contributed by atoms with Crippen molar-refractivity contribution < 1.29 is 4.97 Å². The maximum atomic E-state index is 9.95. The maximum Gasteiger partial charge on any atom is 0.0790 e. The highest BCUT2D eigenvalue weighted by atomic mass is 16.6. The summed E-state index contributed by atoms with van der Waals surface area (Å²) in [6, 6.07) is -0.0507. The van der Waals surface area contributed by atoms with Crippen molar-refractivity contribution in [1.29, 1.82) is 0 Å². The Bertz CT molecular complexity index is 90.5. The lowest BCUT2D eigenvalue weighted by Gasteiger charge is -2.04. The fourth-order valence-electron chi connectivity index (χ4n) is 0.244. The summed E-state index contributed by atoms with van der Waals surface area (Å²) in [6.07, 6.45) is 0. The molecule has 48 valence electrons. The van der Waals surface area contributed by atoms with Gasteiger partial charge in [0.2, 0.25) is 0 Å². The van der Waals surface area contributed by atoms with Gasteiger partial charge in [-0.2, -0.15) is 5.43 Å². The summed E-state index contributed by atoms with van der Waals surface area (Å²) in [5, 5.41) is 21.3. The number of nitrogens with zero attached hydrogens (tertiary/aromatic N) is 2. The zero-order chi connectivity index (χ0) is 6.57. The Morgan fingerprint density at radius 3 is 2.25 bits per heavy atom. The topological polar surface area (TPSA) is 73.5 Å². The summed E-state index contributed by atoms with van der Waals surface area (Å²) < 4.78 is 0. The summed E-state index contributed by atoms with van der Waals surface area (Å²) in [6.45, 7) is 3.46. The second kappa shape index (κ2) is 3.06. The molecule has 0 aromatic carbocycles. The van der Waals surface area contributed by atoms with E-state index in [1.165, 1.54) is 0 Å². The first kappa shape index (κ1) is 7.00. The Balaban J connectivity index is 3.39. The molecule has 8 heavy (non-hydrogen) atoms. The molecular weight excluding hydrogens is 110 g/mol. The SMILES string of the molecule is CC(C)N/[N+]([O-])=N/[O-]. The first-order chi connectivity index (χ1) is 3.66. The third kappa shape index (κ3) is 3.20. The van der Waals surface area contributed by atoms with Gasteiger partial charge in [-0.1, -0.05) is 0 Å². The van der Waals surface area contributed by atoms with Crippen molar-refractivity contribution >= 4 is 0 Å². The van der Waals surface area contributed by atoms with E-state index < -0.39 is 0 Å². The highest BCUT2D eigenvalue weighted by molar-refractivity contribution is 4.37. The molecule has 0 aromatic rings. The Hall–Kier alpha value is -1.00. The van der Waals surface area contributed by atoms with E-state index in [9.17, 15) is 10.4 Å². The Morgan fingerprint density at radius 1 is 1.62 bits per heavy atom. The molecular formula is C3H8N3O2-. The van der Waals surface area contributed by atoms with Crippen LogP contribution < -0.4 is 5.43 Å². The standard InChI is InChI=1S/C3H9N3O2/c1-3(2)4-6(8)5-7/h3,7H,1-2H3,(H,4,5)/p-1. The lowest BCUT2D eigenvalue weighted by molar-refractivity contribution is -0.591. The predicted octanol–water partition coefficient (Wildman–Crippen LogP) is 0.360. The van der Waals surface area contributed by atoms with Gasteiger partial charge in [0.25, 0.3) is 0 Å². The number of hydrogen-bond donors (Lipinski definition) is 1. The third-order valence-electron chi connectivity index (χ3n) is 0.443. The molecule has 0 rings (SSSR count). The lowest BCUT2D eigenvalue weighted by Crippen LogP contribution is -2.29. The molecule has 0 saturated heterocycles. The molecule has 0 amide bonds. The minimum Gasteiger partial charge on any atom is -0.737 e. The minimum atomic E-state index is -0.106. The van der Waals surface area contributed by atoms with Crippen LogP contribution in [0, 0.1) is 10.4 Å². The van der Waals surface area contributed by atoms with E-state index in [4.69, 9.17) is 0 Å². The first-order valence-corrected chi connectivity index (χ1v) is 2.23. The zero-order valence-corrected chi connectivity index (χ0v) is 4.79. The number of nitrogens with one attached hydrogen (secondary N) is 1. The van der Waals surface area contributed by atoms with Gasteiger partial charge in [0, 0.05) is 4.97 Å². The van der Waals surface area contributed by atoms with Crippen molar-refractivity contribution in [2.75, 3.05) is 0 Å². The largest absolute Gasteiger partial charge is 0.737 e. The Morgan fingerprint density at radius 2 is 2.12 bits per heavy atom. The Kier molecular flexibility index (Phi) is 2.68. The summed E-state index contributed by atoms with van der Waals surface area (Å²) >= 11 is 0. The average Bonchev–Trinajstić information content (AvgIpc) is 1.65. The number of rotatable bonds is 2. The van der Waals surface area contributed by atoms with E-state index in [0.717, 1.165) is 0 Å². The first-order valence-electron chi connectivity index (χ1n) is 2.23. The van der Waals surface area contributed by atoms with Gasteiger partial charge in [0.1, 0.15) is 0 Å². The summed E-state index contributed by atoms with van der Waals surface area (Å²) in [5.74, 6) is 0. The maximum absolute atomic E-state index is 9.95. The molecule has 0 aliphatic carbocycles. The van der Waals surface area contributed by atoms with Crippen LogP contribution >= 0.6 is 0 Å². The second-order valence-electron chi connectivity index (χ2n) is 1.64. The van der Waals surface area contributed by atoms with Gasteiger partial charge in [-0.25, -0.2) is 0 Å². The molecule has 0 saturated carbocycles. The van der Waals surface area contributed by atoms with Gasteiger partial charge < -0.3 is 10.4 Å². The highest BCUT2D eigenvalue weighted by Crippen LogP contribution is 1.75. The molecule has 0 aliphatic rings. The van der Waals surface area contributed by atoms with Crippen LogP contribution in [0.25, 0.3) is 0 Å². The smallest absolute Gasteiger partial charge is 0.0790 e. The molecule has 5 heteroatoms. The van der Waals surface area contributed by atoms with Crippen molar-refractivity contribution in [3.63, 3.8) is 0 Å². The molecule has 0 radical (unpaired) electrons. The van der Waals surface area contributed by atoms with Crippen molar-refractivity contribution in [1.82, 2.24) is 5.43 Å². The van der Waals surface area contributed by atoms with Gasteiger partial charge in [0.15, 0.2) is 0 Å². The van der Waals surface area contributed by atoms with E-state index in [0.29, 0.717) is 0 Å². The molecule has 5 nitrogen and oxygen atoms in total. The van der Waals surface area contributed by atoms with Crippen LogP contribution in [0.1, 0.15) is 13.8 Å². The zero-order valence-electron chi connectivity index (χ0n) is 4.79. The Labute approximate surface area is 47.1 Å². The van der Waals surface area contributed by atoms with Crippen molar-refractivity contribution in [2.45, 2.75) is 19.9 Å². The monoisotopic (exact) mass is 118 g/mol. The van der Waals surface area contributed by atoms with Crippen LogP contribution in [-0.4, -0.2) is 11.0 Å². The van der Waals surface area contributed by atoms with Crippen molar-refractivity contribution in [3.05, 3.63) is 10.4 Å². The van der Waals surface area contributed by atoms with Crippen LogP contribution in [0.3, 0.4) is 0 Å². The molecule has 1 N–H and O–H groups in total. The van der Waals surface area contributed by atoms with Crippen LogP contribution in [0.4, 0.5) is 0 Å². The summed E-state index contributed by atoms with van der Waals surface area (Å²) in [7, 11) is 0. The molecule has 0 aromatic heterocycles. The van der Waals surface area contributed by atoms with Gasteiger partial charge in [-0.05, 0) is 19.1 Å². The van der Waals surface area contributed by atoms with Gasteiger partial charge in [0.05, 0.1) is 6.04 Å². The van der Waals surface area contributed by atoms with Crippen LogP contribution in [0.2, 0.25) is 0 Å². The molecule has 0 bridgehead atoms. The van der Waals surface area contributed by atoms with E-state index in [1.807, 2.05) is 5.28 Å². The molecule has 0 fully saturated rings. The molecule has 0 unspecified atom stereocenters. The lowest BCUT2D eigenvalue weighted by atomic mass is 10.4. The van der Waals surface area contributed by atoms with Crippen LogP contribution in [0.15, 0.2) is 5.28 Å². The average molecular weight is 118 g/mol. The van der Waals surface area contributed by atoms with Gasteiger partial charge in [-0.15, -0.1) is 0 Å². The van der Waals surface area contributed by atoms with Crippen LogP contribution in [-0.2, 0) is 0 Å². The normalized spacial score (nSPS) is 12.1. The molecule has 0 aliphatic heterocycles. The van der Waals surface area contributed by atoms with E-state index in [1.54, 1.807) is 13.8 Å². The van der Waals surface area contributed by atoms with Gasteiger partial charge >= 0.3 is 0 Å². The minimum absolute atomic E-state index is 0.0507. The fraction of sp³-hybridized carbons (Fsp3) is 1.00. The van der Waals surface area contributed by atoms with E-state index in [2.05, 4.69) is 5.43 Å². The van der Waals surface area contributed by atoms with Crippen LogP contribution in [0.5, 0.6) is 0 Å². The summed E-state index contributed by atoms with van der Waals surface area (Å²) in [5.41, 5.74) is 2.19. The quantitative estimate of drug-likeness (QED) is 0.323. The number of hydrogen-bond acceptors (Lipinski definition) is 3. The van der Waals surface area contributed by atoms with Crippen molar-refractivity contribution in [3.8, 4) is 0 Å².